The van der Waals surface area contributed by atoms with Gasteiger partial charge in [0, 0.05) is 24.0 Å². The number of allylic oxidation sites excluding steroid dienone is 2. The third kappa shape index (κ3) is 3.10. The number of hydrogen-bond donors (Lipinski definition) is 1. The van der Waals surface area contributed by atoms with Crippen LogP contribution >= 0.6 is 0 Å². The molecule has 0 spiro atoms. The Morgan fingerprint density at radius 2 is 1.96 bits per heavy atom. The van der Waals surface area contributed by atoms with Gasteiger partial charge in [-0.05, 0) is 53.3 Å². The van der Waals surface area contributed by atoms with E-state index in [2.05, 4.69) is 58.9 Å². The molecule has 1 aliphatic heterocycles. The fraction of sp³-hybridized carbons (Fsp3) is 0.208. The third-order valence-electron chi connectivity index (χ3n) is 5.63. The SMILES string of the molecule is C1=CC2c3cc(OCc4ccccc4)ccc3NC(c3cccnc3)C2C1. The summed E-state index contributed by atoms with van der Waals surface area (Å²) in [6.07, 6.45) is 9.57. The van der Waals surface area contributed by atoms with Crippen LogP contribution in [0.25, 0.3) is 0 Å². The summed E-state index contributed by atoms with van der Waals surface area (Å²) in [5, 5.41) is 3.75. The Morgan fingerprint density at radius 1 is 1.04 bits per heavy atom. The van der Waals surface area contributed by atoms with Crippen LogP contribution in [0.5, 0.6) is 5.75 Å². The van der Waals surface area contributed by atoms with Crippen LogP contribution in [0.3, 0.4) is 0 Å². The molecule has 0 saturated carbocycles. The molecule has 3 atom stereocenters. The second-order valence-corrected chi connectivity index (χ2v) is 7.29. The van der Waals surface area contributed by atoms with E-state index in [9.17, 15) is 0 Å². The van der Waals surface area contributed by atoms with Crippen molar-refractivity contribution in [1.29, 1.82) is 0 Å². The molecule has 2 heterocycles. The monoisotopic (exact) mass is 354 g/mol. The first-order valence-corrected chi connectivity index (χ1v) is 9.52. The minimum Gasteiger partial charge on any atom is -0.489 e. The van der Waals surface area contributed by atoms with E-state index in [1.165, 1.54) is 22.4 Å². The first-order chi connectivity index (χ1) is 13.4. The highest BCUT2D eigenvalue weighted by molar-refractivity contribution is 5.61. The Morgan fingerprint density at radius 3 is 2.81 bits per heavy atom. The lowest BCUT2D eigenvalue weighted by Crippen LogP contribution is -2.29. The summed E-state index contributed by atoms with van der Waals surface area (Å²) in [5.41, 5.74) is 4.97. The van der Waals surface area contributed by atoms with E-state index in [4.69, 9.17) is 4.74 Å². The van der Waals surface area contributed by atoms with Crippen molar-refractivity contribution < 1.29 is 4.74 Å². The number of hydrogen-bond acceptors (Lipinski definition) is 3. The summed E-state index contributed by atoms with van der Waals surface area (Å²) in [6, 6.07) is 21.2. The van der Waals surface area contributed by atoms with Crippen LogP contribution in [0.1, 0.15) is 35.1 Å². The van der Waals surface area contributed by atoms with Crippen molar-refractivity contribution >= 4 is 5.69 Å². The number of fused-ring (bicyclic) bond motifs is 3. The molecule has 1 aromatic heterocycles. The van der Waals surface area contributed by atoms with E-state index in [1.54, 1.807) is 0 Å². The van der Waals surface area contributed by atoms with Crippen molar-refractivity contribution in [2.24, 2.45) is 5.92 Å². The van der Waals surface area contributed by atoms with E-state index in [-0.39, 0.29) is 0 Å². The Balaban J connectivity index is 1.42. The molecule has 3 heteroatoms. The molecule has 2 aliphatic rings. The Bertz CT molecular complexity index is 953. The minimum absolute atomic E-state index is 0.294. The van der Waals surface area contributed by atoms with Gasteiger partial charge in [0.05, 0.1) is 6.04 Å². The standard InChI is InChI=1S/C24H22N2O/c1-2-6-17(7-3-1)16-27-19-11-12-23-22(14-19)20-9-4-10-21(20)24(26-23)18-8-5-13-25-15-18/h1-9,11-15,20-21,24,26H,10,16H2. The van der Waals surface area contributed by atoms with E-state index in [1.807, 2.05) is 36.7 Å². The van der Waals surface area contributed by atoms with Crippen molar-refractivity contribution in [1.82, 2.24) is 4.98 Å². The summed E-state index contributed by atoms with van der Waals surface area (Å²) in [4.78, 5) is 4.32. The molecular formula is C24H22N2O. The van der Waals surface area contributed by atoms with Crippen LogP contribution in [0.2, 0.25) is 0 Å². The van der Waals surface area contributed by atoms with Gasteiger partial charge in [0.2, 0.25) is 0 Å². The van der Waals surface area contributed by atoms with Crippen LogP contribution in [-0.2, 0) is 6.61 Å². The molecule has 134 valence electrons. The molecule has 3 unspecified atom stereocenters. The number of nitrogens with zero attached hydrogens (tertiary/aromatic N) is 1. The summed E-state index contributed by atoms with van der Waals surface area (Å²) in [7, 11) is 0. The van der Waals surface area contributed by atoms with E-state index >= 15 is 0 Å². The van der Waals surface area contributed by atoms with Crippen LogP contribution in [0.4, 0.5) is 5.69 Å². The summed E-state index contributed by atoms with van der Waals surface area (Å²) < 4.78 is 6.06. The van der Waals surface area contributed by atoms with Gasteiger partial charge >= 0.3 is 0 Å². The first kappa shape index (κ1) is 16.1. The highest BCUT2D eigenvalue weighted by Crippen LogP contribution is 2.50. The fourth-order valence-electron chi connectivity index (χ4n) is 4.29. The normalized spacial score (nSPS) is 22.6. The maximum absolute atomic E-state index is 6.06. The summed E-state index contributed by atoms with van der Waals surface area (Å²) >= 11 is 0. The van der Waals surface area contributed by atoms with Gasteiger partial charge in [0.15, 0.2) is 0 Å². The van der Waals surface area contributed by atoms with Crippen LogP contribution in [0.15, 0.2) is 85.2 Å². The quantitative estimate of drug-likeness (QED) is 0.629. The highest BCUT2D eigenvalue weighted by Gasteiger charge is 2.38. The van der Waals surface area contributed by atoms with Crippen molar-refractivity contribution in [2.45, 2.75) is 25.0 Å². The molecule has 3 nitrogen and oxygen atoms in total. The second-order valence-electron chi connectivity index (χ2n) is 7.29. The van der Waals surface area contributed by atoms with Crippen LogP contribution < -0.4 is 10.1 Å². The molecule has 1 N–H and O–H groups in total. The lowest BCUT2D eigenvalue weighted by atomic mass is 9.77. The van der Waals surface area contributed by atoms with Gasteiger partial charge in [-0.25, -0.2) is 0 Å². The largest absolute Gasteiger partial charge is 0.489 e. The van der Waals surface area contributed by atoms with Gasteiger partial charge in [-0.2, -0.15) is 0 Å². The number of benzene rings is 2. The molecule has 0 fully saturated rings. The maximum atomic E-state index is 6.06. The number of anilines is 1. The van der Waals surface area contributed by atoms with Crippen LogP contribution in [0, 0.1) is 5.92 Å². The van der Waals surface area contributed by atoms with Crippen LogP contribution in [-0.4, -0.2) is 4.98 Å². The molecule has 1 aliphatic carbocycles. The van der Waals surface area contributed by atoms with Gasteiger partial charge < -0.3 is 10.1 Å². The molecule has 5 rings (SSSR count). The van der Waals surface area contributed by atoms with Gasteiger partial charge in [0.1, 0.15) is 12.4 Å². The van der Waals surface area contributed by atoms with Gasteiger partial charge in [-0.3, -0.25) is 4.98 Å². The third-order valence-corrected chi connectivity index (χ3v) is 5.63. The fourth-order valence-corrected chi connectivity index (χ4v) is 4.29. The predicted octanol–water partition coefficient (Wildman–Crippen LogP) is 5.49. The molecule has 0 radical (unpaired) electrons. The second kappa shape index (κ2) is 6.92. The van der Waals surface area contributed by atoms with Gasteiger partial charge in [0.25, 0.3) is 0 Å². The van der Waals surface area contributed by atoms with Crippen molar-refractivity contribution in [2.75, 3.05) is 5.32 Å². The van der Waals surface area contributed by atoms with E-state index < -0.39 is 0 Å². The average molecular weight is 354 g/mol. The minimum atomic E-state index is 0.294. The first-order valence-electron chi connectivity index (χ1n) is 9.52. The van der Waals surface area contributed by atoms with Crippen molar-refractivity contribution in [3.05, 3.63) is 102 Å². The summed E-state index contributed by atoms with van der Waals surface area (Å²) in [5.74, 6) is 1.87. The Labute approximate surface area is 159 Å². The van der Waals surface area contributed by atoms with Crippen molar-refractivity contribution in [3.8, 4) is 5.75 Å². The lowest BCUT2D eigenvalue weighted by molar-refractivity contribution is 0.305. The highest BCUT2D eigenvalue weighted by atomic mass is 16.5. The zero-order chi connectivity index (χ0) is 18.1. The van der Waals surface area contributed by atoms with Crippen molar-refractivity contribution in [3.63, 3.8) is 0 Å². The zero-order valence-electron chi connectivity index (χ0n) is 15.1. The smallest absolute Gasteiger partial charge is 0.120 e. The number of ether oxygens (including phenoxy) is 1. The maximum Gasteiger partial charge on any atom is 0.120 e. The number of rotatable bonds is 4. The average Bonchev–Trinajstić information content (AvgIpc) is 3.23. The molecule has 3 aromatic rings. The molecule has 0 bridgehead atoms. The molecular weight excluding hydrogens is 332 g/mol. The van der Waals surface area contributed by atoms with Gasteiger partial charge in [-0.15, -0.1) is 0 Å². The molecule has 27 heavy (non-hydrogen) atoms. The van der Waals surface area contributed by atoms with Gasteiger partial charge in [-0.1, -0.05) is 48.6 Å². The number of aromatic nitrogens is 1. The predicted molar refractivity (Wildman–Crippen MR) is 108 cm³/mol. The molecule has 0 saturated heterocycles. The summed E-state index contributed by atoms with van der Waals surface area (Å²) in [6.45, 7) is 0.593. The topological polar surface area (TPSA) is 34.1 Å². The molecule has 0 amide bonds. The Kier molecular flexibility index (Phi) is 4.13. The van der Waals surface area contributed by atoms with E-state index in [0.717, 1.165) is 12.2 Å². The Hall–Kier alpha value is -3.07. The lowest BCUT2D eigenvalue weighted by Gasteiger charge is -2.37. The van der Waals surface area contributed by atoms with E-state index in [0.29, 0.717) is 24.5 Å². The number of nitrogens with one attached hydrogen (secondary N) is 1. The zero-order valence-corrected chi connectivity index (χ0v) is 15.1. The molecule has 2 aromatic carbocycles. The number of pyridine rings is 1.